The number of nitrogens with one attached hydrogen (secondary N) is 2. The van der Waals surface area contributed by atoms with Crippen molar-refractivity contribution in [1.29, 1.82) is 0 Å². The fraction of sp³-hybridized carbons (Fsp3) is 0.100. The number of nitro groups is 1. The van der Waals surface area contributed by atoms with Gasteiger partial charge in [-0.25, -0.2) is 5.43 Å². The number of hydrogen-bond acceptors (Lipinski definition) is 5. The summed E-state index contributed by atoms with van der Waals surface area (Å²) >= 11 is 0. The molecule has 0 aliphatic heterocycles. The van der Waals surface area contributed by atoms with Crippen LogP contribution < -0.4 is 10.7 Å². The minimum atomic E-state index is -0.917. The molecule has 0 spiro atoms. The van der Waals surface area contributed by atoms with E-state index in [1.807, 2.05) is 5.43 Å². The Morgan fingerprint density at radius 2 is 2.11 bits per heavy atom. The Balaban J connectivity index is 2.68. The molecule has 18 heavy (non-hydrogen) atoms. The molecule has 0 atom stereocenters. The van der Waals surface area contributed by atoms with E-state index in [-0.39, 0.29) is 5.69 Å². The topological polar surface area (TPSA) is 114 Å². The van der Waals surface area contributed by atoms with Crippen LogP contribution in [0.4, 0.5) is 5.69 Å². The fourth-order valence-electron chi connectivity index (χ4n) is 1.05. The van der Waals surface area contributed by atoms with E-state index in [0.717, 1.165) is 0 Å². The predicted octanol–water partition coefficient (Wildman–Crippen LogP) is -0.209. The van der Waals surface area contributed by atoms with E-state index in [4.69, 9.17) is 0 Å². The molecular weight excluding hydrogens is 240 g/mol. The number of nitro benzene ring substituents is 1. The molecule has 1 rings (SSSR count). The molecule has 2 N–H and O–H groups in total. The van der Waals surface area contributed by atoms with Crippen LogP contribution in [0.15, 0.2) is 29.4 Å². The van der Waals surface area contributed by atoms with Crippen LogP contribution in [-0.4, -0.2) is 30.0 Å². The monoisotopic (exact) mass is 250 g/mol. The van der Waals surface area contributed by atoms with Crippen molar-refractivity contribution in [1.82, 2.24) is 10.7 Å². The number of likely N-dealkylation sites (N-methyl/N-ethyl adjacent to an activating group) is 1. The number of carbonyl (C=O) groups is 2. The van der Waals surface area contributed by atoms with Gasteiger partial charge in [-0.2, -0.15) is 5.10 Å². The van der Waals surface area contributed by atoms with Crippen LogP contribution in [-0.2, 0) is 9.59 Å². The number of hydrogen-bond donors (Lipinski definition) is 2. The predicted molar refractivity (Wildman–Crippen MR) is 62.9 cm³/mol. The lowest BCUT2D eigenvalue weighted by Gasteiger charge is -1.97. The molecule has 0 saturated heterocycles. The third-order valence-electron chi connectivity index (χ3n) is 1.89. The highest BCUT2D eigenvalue weighted by atomic mass is 16.6. The summed E-state index contributed by atoms with van der Waals surface area (Å²) in [6.07, 6.45) is 1.20. The molecule has 0 radical (unpaired) electrons. The van der Waals surface area contributed by atoms with E-state index in [1.54, 1.807) is 6.07 Å². The van der Waals surface area contributed by atoms with Gasteiger partial charge < -0.3 is 5.32 Å². The van der Waals surface area contributed by atoms with Crippen molar-refractivity contribution >= 4 is 23.7 Å². The van der Waals surface area contributed by atoms with Gasteiger partial charge in [0.05, 0.1) is 11.1 Å². The minimum Gasteiger partial charge on any atom is -0.351 e. The molecule has 0 unspecified atom stereocenters. The first-order valence-electron chi connectivity index (χ1n) is 4.84. The van der Waals surface area contributed by atoms with Gasteiger partial charge >= 0.3 is 11.8 Å². The van der Waals surface area contributed by atoms with Crippen LogP contribution in [0.3, 0.4) is 0 Å². The van der Waals surface area contributed by atoms with E-state index in [0.29, 0.717) is 5.56 Å². The summed E-state index contributed by atoms with van der Waals surface area (Å²) in [5, 5.41) is 16.1. The van der Waals surface area contributed by atoms with Crippen LogP contribution >= 0.6 is 0 Å². The molecule has 0 bridgehead atoms. The summed E-state index contributed by atoms with van der Waals surface area (Å²) in [5.74, 6) is -1.75. The second-order valence-electron chi connectivity index (χ2n) is 3.13. The Kier molecular flexibility index (Phi) is 4.50. The van der Waals surface area contributed by atoms with Crippen molar-refractivity contribution in [2.45, 2.75) is 0 Å². The standard InChI is InChI=1S/C10H10N4O4/c1-11-9(15)10(16)13-12-6-7-3-2-4-8(5-7)14(17)18/h2-6H,1H3,(H,11,15)(H,13,16)/b12-6-. The minimum absolute atomic E-state index is 0.0865. The number of amides is 2. The Labute approximate surface area is 102 Å². The quantitative estimate of drug-likeness (QED) is 0.334. The molecule has 94 valence electrons. The van der Waals surface area contributed by atoms with E-state index >= 15 is 0 Å². The van der Waals surface area contributed by atoms with Crippen molar-refractivity contribution in [3.63, 3.8) is 0 Å². The lowest BCUT2D eigenvalue weighted by atomic mass is 10.2. The van der Waals surface area contributed by atoms with Crippen molar-refractivity contribution < 1.29 is 14.5 Å². The van der Waals surface area contributed by atoms with Gasteiger partial charge in [-0.15, -0.1) is 0 Å². The van der Waals surface area contributed by atoms with Crippen LogP contribution in [0.2, 0.25) is 0 Å². The normalized spacial score (nSPS) is 10.1. The van der Waals surface area contributed by atoms with Gasteiger partial charge in [0.15, 0.2) is 0 Å². The summed E-state index contributed by atoms with van der Waals surface area (Å²) in [5.41, 5.74) is 2.32. The number of nitrogens with zero attached hydrogens (tertiary/aromatic N) is 2. The van der Waals surface area contributed by atoms with Crippen molar-refractivity contribution in [2.75, 3.05) is 7.05 Å². The number of non-ortho nitro benzene ring substituents is 1. The molecule has 0 saturated carbocycles. The third-order valence-corrected chi connectivity index (χ3v) is 1.89. The largest absolute Gasteiger partial charge is 0.351 e. The van der Waals surface area contributed by atoms with Crippen LogP contribution in [0.5, 0.6) is 0 Å². The number of carbonyl (C=O) groups excluding carboxylic acids is 2. The number of benzene rings is 1. The van der Waals surface area contributed by atoms with Crippen LogP contribution in [0, 0.1) is 10.1 Å². The third kappa shape index (κ3) is 3.67. The number of hydrazone groups is 1. The van der Waals surface area contributed by atoms with Crippen LogP contribution in [0.25, 0.3) is 0 Å². The zero-order valence-corrected chi connectivity index (χ0v) is 9.41. The first-order chi connectivity index (χ1) is 8.54. The summed E-state index contributed by atoms with van der Waals surface area (Å²) in [6.45, 7) is 0. The highest BCUT2D eigenvalue weighted by Gasteiger charge is 2.09. The first kappa shape index (κ1) is 13.3. The molecule has 0 aromatic heterocycles. The molecule has 8 heteroatoms. The molecule has 1 aromatic carbocycles. The zero-order valence-electron chi connectivity index (χ0n) is 9.41. The molecule has 8 nitrogen and oxygen atoms in total. The van der Waals surface area contributed by atoms with Gasteiger partial charge in [-0.1, -0.05) is 12.1 Å². The van der Waals surface area contributed by atoms with Gasteiger partial charge in [-0.05, 0) is 0 Å². The van der Waals surface area contributed by atoms with E-state index in [9.17, 15) is 19.7 Å². The van der Waals surface area contributed by atoms with Gasteiger partial charge in [0.2, 0.25) is 0 Å². The van der Waals surface area contributed by atoms with Gasteiger partial charge in [-0.3, -0.25) is 19.7 Å². The smallest absolute Gasteiger partial charge is 0.329 e. The Morgan fingerprint density at radius 3 is 2.72 bits per heavy atom. The lowest BCUT2D eigenvalue weighted by Crippen LogP contribution is -2.35. The summed E-state index contributed by atoms with van der Waals surface area (Å²) in [7, 11) is 1.31. The van der Waals surface area contributed by atoms with Gasteiger partial charge in [0.1, 0.15) is 0 Å². The van der Waals surface area contributed by atoms with Crippen molar-refractivity contribution in [3.05, 3.63) is 39.9 Å². The summed E-state index contributed by atoms with van der Waals surface area (Å²) < 4.78 is 0. The number of rotatable bonds is 3. The SMILES string of the molecule is CNC(=O)C(=O)N/N=C\c1cccc([N+](=O)[O-])c1. The lowest BCUT2D eigenvalue weighted by molar-refractivity contribution is -0.384. The van der Waals surface area contributed by atoms with Gasteiger partial charge in [0.25, 0.3) is 5.69 Å². The molecule has 0 fully saturated rings. The maximum Gasteiger partial charge on any atom is 0.329 e. The fourth-order valence-corrected chi connectivity index (χ4v) is 1.05. The highest BCUT2D eigenvalue weighted by Crippen LogP contribution is 2.11. The molecule has 2 amide bonds. The van der Waals surface area contributed by atoms with E-state index < -0.39 is 16.7 Å². The molecular formula is C10H10N4O4. The Morgan fingerprint density at radius 1 is 1.39 bits per heavy atom. The second kappa shape index (κ2) is 6.09. The zero-order chi connectivity index (χ0) is 13.5. The van der Waals surface area contributed by atoms with Crippen LogP contribution in [0.1, 0.15) is 5.56 Å². The van der Waals surface area contributed by atoms with Crippen molar-refractivity contribution in [2.24, 2.45) is 5.10 Å². The maximum atomic E-state index is 11.0. The molecule has 0 aliphatic carbocycles. The van der Waals surface area contributed by atoms with E-state index in [1.165, 1.54) is 31.5 Å². The molecule has 1 aromatic rings. The Bertz CT molecular complexity index is 512. The second-order valence-corrected chi connectivity index (χ2v) is 3.13. The summed E-state index contributed by atoms with van der Waals surface area (Å²) in [6, 6.07) is 5.68. The first-order valence-corrected chi connectivity index (χ1v) is 4.84. The van der Waals surface area contributed by atoms with E-state index in [2.05, 4.69) is 10.4 Å². The van der Waals surface area contributed by atoms with Crippen molar-refractivity contribution in [3.8, 4) is 0 Å². The molecule has 0 heterocycles. The Hall–Kier alpha value is -2.77. The highest BCUT2D eigenvalue weighted by molar-refractivity contribution is 6.34. The maximum absolute atomic E-state index is 11.0. The average molecular weight is 250 g/mol. The summed E-state index contributed by atoms with van der Waals surface area (Å²) in [4.78, 5) is 31.8. The van der Waals surface area contributed by atoms with Gasteiger partial charge in [0, 0.05) is 24.7 Å². The average Bonchev–Trinajstić information content (AvgIpc) is 2.38. The molecule has 0 aliphatic rings.